The number of fused-ring (bicyclic) bond motifs is 1. The van der Waals surface area contributed by atoms with Crippen LogP contribution in [0.25, 0.3) is 21.6 Å². The van der Waals surface area contributed by atoms with E-state index in [2.05, 4.69) is 14.9 Å². The number of hydrogen-bond acceptors (Lipinski definition) is 8. The van der Waals surface area contributed by atoms with E-state index in [0.717, 1.165) is 65.5 Å². The molecule has 2 aromatic heterocycles. The number of aromatic nitrogens is 3. The van der Waals surface area contributed by atoms with Crippen molar-refractivity contribution in [3.05, 3.63) is 75.7 Å². The van der Waals surface area contributed by atoms with Crippen molar-refractivity contribution in [3.63, 3.8) is 0 Å². The van der Waals surface area contributed by atoms with E-state index in [-0.39, 0.29) is 10.7 Å². The zero-order valence-electron chi connectivity index (χ0n) is 19.5. The molecule has 180 valence electrons. The van der Waals surface area contributed by atoms with E-state index in [1.54, 1.807) is 29.1 Å². The third-order valence-electron chi connectivity index (χ3n) is 6.01. The zero-order valence-corrected chi connectivity index (χ0v) is 20.3. The van der Waals surface area contributed by atoms with Gasteiger partial charge in [0.15, 0.2) is 17.4 Å². The van der Waals surface area contributed by atoms with E-state index in [1.807, 2.05) is 30.3 Å². The molecule has 3 heterocycles. The summed E-state index contributed by atoms with van der Waals surface area (Å²) in [5.41, 5.74) is 3.27. The Morgan fingerprint density at radius 2 is 1.91 bits per heavy atom. The molecule has 35 heavy (non-hydrogen) atoms. The smallest absolute Gasteiger partial charge is 0.308 e. The Morgan fingerprint density at radius 1 is 1.11 bits per heavy atom. The van der Waals surface area contributed by atoms with E-state index in [1.165, 1.54) is 6.92 Å². The Morgan fingerprint density at radius 3 is 2.69 bits per heavy atom. The molecule has 0 atom stereocenters. The highest BCUT2D eigenvalue weighted by atomic mass is 32.1. The molecule has 0 N–H and O–H groups in total. The molecule has 9 heteroatoms. The van der Waals surface area contributed by atoms with Gasteiger partial charge in [-0.25, -0.2) is 9.97 Å². The van der Waals surface area contributed by atoms with E-state index in [9.17, 15) is 9.59 Å². The first-order valence-electron chi connectivity index (χ1n) is 11.6. The lowest BCUT2D eigenvalue weighted by Gasteiger charge is -2.26. The number of carbonyl (C=O) groups is 1. The van der Waals surface area contributed by atoms with Crippen molar-refractivity contribution in [1.29, 1.82) is 0 Å². The van der Waals surface area contributed by atoms with Crippen molar-refractivity contribution < 1.29 is 14.3 Å². The molecule has 8 nitrogen and oxygen atoms in total. The van der Waals surface area contributed by atoms with Crippen molar-refractivity contribution in [2.45, 2.75) is 13.5 Å². The number of morpholine rings is 1. The number of hydrogen-bond donors (Lipinski definition) is 0. The van der Waals surface area contributed by atoms with Gasteiger partial charge in [0, 0.05) is 30.8 Å². The number of benzene rings is 2. The minimum atomic E-state index is -0.0547. The summed E-state index contributed by atoms with van der Waals surface area (Å²) in [6.45, 7) is 6.79. The molecule has 0 saturated carbocycles. The number of nitrogens with zero attached hydrogens (tertiary/aromatic N) is 4. The molecule has 4 aromatic rings. The van der Waals surface area contributed by atoms with Crippen LogP contribution in [0.15, 0.2) is 59.7 Å². The average molecular weight is 491 g/mol. The van der Waals surface area contributed by atoms with Crippen molar-refractivity contribution in [2.24, 2.45) is 0 Å². The predicted molar refractivity (Wildman–Crippen MR) is 135 cm³/mol. The summed E-state index contributed by atoms with van der Waals surface area (Å²) in [4.78, 5) is 35.5. The summed E-state index contributed by atoms with van der Waals surface area (Å²) in [7, 11) is 0. The van der Waals surface area contributed by atoms with Crippen LogP contribution < -0.4 is 9.61 Å². The van der Waals surface area contributed by atoms with Gasteiger partial charge in [-0.05, 0) is 36.8 Å². The van der Waals surface area contributed by atoms with E-state index < -0.39 is 0 Å². The Bertz CT molecular complexity index is 1390. The van der Waals surface area contributed by atoms with Crippen molar-refractivity contribution in [3.8, 4) is 17.1 Å². The quantitative estimate of drug-likeness (QED) is 0.350. The predicted octanol–water partition coefficient (Wildman–Crippen LogP) is 3.48. The molecule has 0 unspecified atom stereocenters. The summed E-state index contributed by atoms with van der Waals surface area (Å²) in [6.07, 6.45) is 3.38. The SMILES string of the molecule is CC(=O)c1ccc2c(c1)sc(=O)n2Cc1cccc(-c2ncc(OCCN3CCOCC3)cn2)c1. The summed E-state index contributed by atoms with van der Waals surface area (Å²) >= 11 is 1.15. The fraction of sp³-hybridized carbons (Fsp3) is 0.308. The number of carbonyl (C=O) groups excluding carboxylic acids is 1. The largest absolute Gasteiger partial charge is 0.489 e. The molecule has 2 aromatic carbocycles. The molecule has 1 fully saturated rings. The van der Waals surface area contributed by atoms with Gasteiger partial charge in [-0.15, -0.1) is 0 Å². The van der Waals surface area contributed by atoms with Gasteiger partial charge < -0.3 is 9.47 Å². The van der Waals surface area contributed by atoms with E-state index in [4.69, 9.17) is 9.47 Å². The average Bonchev–Trinajstić information content (AvgIpc) is 3.19. The Labute approximate surface area is 206 Å². The number of rotatable bonds is 8. The maximum atomic E-state index is 12.7. The topological polar surface area (TPSA) is 86.5 Å². The number of ketones is 1. The first-order chi connectivity index (χ1) is 17.1. The fourth-order valence-corrected chi connectivity index (χ4v) is 5.01. The van der Waals surface area contributed by atoms with Crippen LogP contribution in [0.2, 0.25) is 0 Å². The van der Waals surface area contributed by atoms with Crippen LogP contribution in [0.1, 0.15) is 22.8 Å². The second-order valence-electron chi connectivity index (χ2n) is 8.44. The van der Waals surface area contributed by atoms with E-state index >= 15 is 0 Å². The summed E-state index contributed by atoms with van der Waals surface area (Å²) in [6, 6.07) is 13.3. The maximum absolute atomic E-state index is 12.7. The molecule has 1 aliphatic heterocycles. The molecule has 0 amide bonds. The second-order valence-corrected chi connectivity index (χ2v) is 9.43. The molecule has 0 bridgehead atoms. The standard InChI is InChI=1S/C26H26N4O4S/c1-18(31)20-5-6-23-24(14-20)35-26(32)30(23)17-19-3-2-4-21(13-19)25-27-15-22(16-28-25)34-12-9-29-7-10-33-11-8-29/h2-6,13-16H,7-12,17H2,1H3. The van der Waals surface area contributed by atoms with Crippen LogP contribution in [0.5, 0.6) is 5.75 Å². The molecular formula is C26H26N4O4S. The minimum Gasteiger partial charge on any atom is -0.489 e. The normalized spacial score (nSPS) is 14.3. The number of ether oxygens (including phenoxy) is 2. The maximum Gasteiger partial charge on any atom is 0.308 e. The Hall–Kier alpha value is -3.40. The highest BCUT2D eigenvalue weighted by Crippen LogP contribution is 2.22. The minimum absolute atomic E-state index is 0.0134. The Kier molecular flexibility index (Phi) is 6.98. The highest BCUT2D eigenvalue weighted by molar-refractivity contribution is 7.16. The molecule has 0 aliphatic carbocycles. The van der Waals surface area contributed by atoms with Gasteiger partial charge in [0.2, 0.25) is 0 Å². The van der Waals surface area contributed by atoms with Crippen LogP contribution in [0.3, 0.4) is 0 Å². The summed E-state index contributed by atoms with van der Waals surface area (Å²) in [5.74, 6) is 1.22. The zero-order chi connectivity index (χ0) is 24.2. The lowest BCUT2D eigenvalue weighted by atomic mass is 10.1. The van der Waals surface area contributed by atoms with Crippen LogP contribution in [-0.4, -0.2) is 64.7 Å². The first kappa shape index (κ1) is 23.3. The molecule has 0 radical (unpaired) electrons. The molecule has 0 spiro atoms. The van der Waals surface area contributed by atoms with Gasteiger partial charge in [-0.2, -0.15) is 0 Å². The fourth-order valence-electron chi connectivity index (χ4n) is 4.08. The van der Waals surface area contributed by atoms with Gasteiger partial charge in [0.1, 0.15) is 6.61 Å². The van der Waals surface area contributed by atoms with Crippen LogP contribution in [-0.2, 0) is 11.3 Å². The van der Waals surface area contributed by atoms with Gasteiger partial charge in [-0.1, -0.05) is 29.5 Å². The van der Waals surface area contributed by atoms with Crippen LogP contribution >= 0.6 is 11.3 Å². The molecular weight excluding hydrogens is 464 g/mol. The Balaban J connectivity index is 1.27. The van der Waals surface area contributed by atoms with Crippen molar-refractivity contribution in [1.82, 2.24) is 19.4 Å². The van der Waals surface area contributed by atoms with E-state index in [0.29, 0.717) is 30.3 Å². The first-order valence-corrected chi connectivity index (χ1v) is 12.4. The third kappa shape index (κ3) is 5.48. The third-order valence-corrected chi connectivity index (χ3v) is 6.95. The van der Waals surface area contributed by atoms with Gasteiger partial charge in [-0.3, -0.25) is 19.1 Å². The molecule has 1 aliphatic rings. The van der Waals surface area contributed by atoms with Crippen molar-refractivity contribution >= 4 is 27.3 Å². The molecule has 5 rings (SSSR count). The number of thiazole rings is 1. The number of Topliss-reactive ketones (excluding diaryl/α,β-unsaturated/α-hetero) is 1. The highest BCUT2D eigenvalue weighted by Gasteiger charge is 2.12. The van der Waals surface area contributed by atoms with Gasteiger partial charge in [0.25, 0.3) is 0 Å². The van der Waals surface area contributed by atoms with Crippen LogP contribution in [0, 0.1) is 0 Å². The second kappa shape index (κ2) is 10.5. The van der Waals surface area contributed by atoms with Gasteiger partial charge in [0.05, 0.1) is 42.4 Å². The van der Waals surface area contributed by atoms with Gasteiger partial charge >= 0.3 is 4.87 Å². The lowest BCUT2D eigenvalue weighted by Crippen LogP contribution is -2.38. The molecule has 1 saturated heterocycles. The lowest BCUT2D eigenvalue weighted by molar-refractivity contribution is 0.0322. The monoisotopic (exact) mass is 490 g/mol. The van der Waals surface area contributed by atoms with Crippen LogP contribution in [0.4, 0.5) is 0 Å². The van der Waals surface area contributed by atoms with Crippen molar-refractivity contribution in [2.75, 3.05) is 39.5 Å². The summed E-state index contributed by atoms with van der Waals surface area (Å²) in [5, 5.41) is 0. The summed E-state index contributed by atoms with van der Waals surface area (Å²) < 4.78 is 13.7.